The summed E-state index contributed by atoms with van der Waals surface area (Å²) in [6.45, 7) is 5.35. The minimum atomic E-state index is 0.566. The van der Waals surface area contributed by atoms with E-state index in [1.807, 2.05) is 18.3 Å². The Morgan fingerprint density at radius 1 is 1.42 bits per heavy atom. The monoisotopic (exact) mass is 256 g/mol. The first kappa shape index (κ1) is 12.2. The van der Waals surface area contributed by atoms with Crippen LogP contribution in [0, 0.1) is 5.92 Å². The minimum absolute atomic E-state index is 0.566. The van der Waals surface area contributed by atoms with Crippen molar-refractivity contribution in [3.05, 3.63) is 30.4 Å². The lowest BCUT2D eigenvalue weighted by atomic mass is 10.2. The molecular formula is C15H20N4. The molecule has 0 amide bonds. The Labute approximate surface area is 113 Å². The van der Waals surface area contributed by atoms with Crippen molar-refractivity contribution >= 4 is 5.82 Å². The molecule has 1 saturated carbocycles. The standard InChI is InChI=1S/C15H20N4/c1-10(2)9-19-14(16)13(12-4-3-7-17-8-12)18-15(19)11-5-6-11/h3-4,7-8,10-11H,5-6,9,16H2,1-2H3. The number of rotatable bonds is 4. The lowest BCUT2D eigenvalue weighted by Gasteiger charge is -2.11. The first-order chi connectivity index (χ1) is 9.16. The molecule has 1 aliphatic carbocycles. The van der Waals surface area contributed by atoms with Crippen molar-refractivity contribution in [2.75, 3.05) is 5.73 Å². The van der Waals surface area contributed by atoms with Crippen molar-refractivity contribution in [1.82, 2.24) is 14.5 Å². The quantitative estimate of drug-likeness (QED) is 0.914. The number of nitrogens with zero attached hydrogens (tertiary/aromatic N) is 3. The van der Waals surface area contributed by atoms with Crippen molar-refractivity contribution in [3.63, 3.8) is 0 Å². The normalized spacial score (nSPS) is 15.1. The van der Waals surface area contributed by atoms with Gasteiger partial charge in [0, 0.05) is 30.4 Å². The maximum Gasteiger partial charge on any atom is 0.131 e. The molecule has 0 aliphatic heterocycles. The third kappa shape index (κ3) is 2.35. The largest absolute Gasteiger partial charge is 0.383 e. The number of imidazole rings is 1. The maximum absolute atomic E-state index is 6.32. The molecule has 4 nitrogen and oxygen atoms in total. The first-order valence-corrected chi connectivity index (χ1v) is 6.93. The topological polar surface area (TPSA) is 56.7 Å². The van der Waals surface area contributed by atoms with Gasteiger partial charge in [-0.25, -0.2) is 4.98 Å². The Bertz CT molecular complexity index is 567. The molecule has 0 unspecified atom stereocenters. The summed E-state index contributed by atoms with van der Waals surface area (Å²) < 4.78 is 2.20. The maximum atomic E-state index is 6.32. The predicted octanol–water partition coefficient (Wildman–Crippen LogP) is 3.06. The number of hydrogen-bond donors (Lipinski definition) is 1. The van der Waals surface area contributed by atoms with Gasteiger partial charge >= 0.3 is 0 Å². The van der Waals surface area contributed by atoms with Gasteiger partial charge in [0.05, 0.1) is 0 Å². The second-order valence-electron chi connectivity index (χ2n) is 5.72. The Kier molecular flexibility index (Phi) is 3.01. The van der Waals surface area contributed by atoms with Gasteiger partial charge in [-0.05, 0) is 30.9 Å². The van der Waals surface area contributed by atoms with Crippen LogP contribution in [0.2, 0.25) is 0 Å². The van der Waals surface area contributed by atoms with Gasteiger partial charge in [0.15, 0.2) is 0 Å². The molecule has 2 heterocycles. The van der Waals surface area contributed by atoms with E-state index in [9.17, 15) is 0 Å². The highest BCUT2D eigenvalue weighted by atomic mass is 15.2. The van der Waals surface area contributed by atoms with Gasteiger partial charge in [-0.15, -0.1) is 0 Å². The average Bonchev–Trinajstić information content (AvgIpc) is 3.18. The van der Waals surface area contributed by atoms with Crippen molar-refractivity contribution in [3.8, 4) is 11.3 Å². The van der Waals surface area contributed by atoms with E-state index in [1.165, 1.54) is 12.8 Å². The number of pyridine rings is 1. The Morgan fingerprint density at radius 2 is 2.21 bits per heavy atom. The summed E-state index contributed by atoms with van der Waals surface area (Å²) in [4.78, 5) is 8.95. The number of nitrogen functional groups attached to an aromatic ring is 1. The van der Waals surface area contributed by atoms with Crippen molar-refractivity contribution in [1.29, 1.82) is 0 Å². The Morgan fingerprint density at radius 3 is 2.79 bits per heavy atom. The highest BCUT2D eigenvalue weighted by Gasteiger charge is 2.31. The summed E-state index contributed by atoms with van der Waals surface area (Å²) in [5, 5.41) is 0. The lowest BCUT2D eigenvalue weighted by Crippen LogP contribution is -2.10. The fourth-order valence-corrected chi connectivity index (χ4v) is 2.41. The number of nitrogens with two attached hydrogens (primary N) is 1. The molecule has 0 aromatic carbocycles. The van der Waals surface area contributed by atoms with Gasteiger partial charge in [-0.2, -0.15) is 0 Å². The van der Waals surface area contributed by atoms with Crippen molar-refractivity contribution in [2.45, 2.75) is 39.2 Å². The zero-order valence-corrected chi connectivity index (χ0v) is 11.5. The molecule has 3 rings (SSSR count). The molecule has 1 aliphatic rings. The summed E-state index contributed by atoms with van der Waals surface area (Å²) in [6.07, 6.45) is 6.07. The van der Waals surface area contributed by atoms with E-state index in [1.54, 1.807) is 6.20 Å². The molecule has 100 valence electrons. The minimum Gasteiger partial charge on any atom is -0.383 e. The van der Waals surface area contributed by atoms with Gasteiger partial charge in [0.2, 0.25) is 0 Å². The molecular weight excluding hydrogens is 236 g/mol. The zero-order valence-electron chi connectivity index (χ0n) is 11.5. The fraction of sp³-hybridized carbons (Fsp3) is 0.467. The van der Waals surface area contributed by atoms with Crippen LogP contribution in [0.25, 0.3) is 11.3 Å². The second kappa shape index (κ2) is 4.68. The van der Waals surface area contributed by atoms with E-state index >= 15 is 0 Å². The van der Waals surface area contributed by atoms with Crippen LogP contribution in [-0.2, 0) is 6.54 Å². The van der Waals surface area contributed by atoms with E-state index in [-0.39, 0.29) is 0 Å². The summed E-state index contributed by atoms with van der Waals surface area (Å²) in [5.74, 6) is 3.11. The van der Waals surface area contributed by atoms with E-state index in [2.05, 4.69) is 23.4 Å². The molecule has 1 fully saturated rings. The predicted molar refractivity (Wildman–Crippen MR) is 76.7 cm³/mol. The van der Waals surface area contributed by atoms with Crippen LogP contribution in [0.4, 0.5) is 5.82 Å². The third-order valence-corrected chi connectivity index (χ3v) is 3.46. The van der Waals surface area contributed by atoms with Crippen LogP contribution in [-0.4, -0.2) is 14.5 Å². The SMILES string of the molecule is CC(C)Cn1c(C2CC2)nc(-c2cccnc2)c1N. The Hall–Kier alpha value is -1.84. The van der Waals surface area contributed by atoms with E-state index < -0.39 is 0 Å². The summed E-state index contributed by atoms with van der Waals surface area (Å²) in [5.41, 5.74) is 8.21. The van der Waals surface area contributed by atoms with Gasteiger partial charge in [-0.3, -0.25) is 4.98 Å². The molecule has 0 saturated heterocycles. The second-order valence-corrected chi connectivity index (χ2v) is 5.72. The molecule has 2 aromatic heterocycles. The third-order valence-electron chi connectivity index (χ3n) is 3.46. The van der Waals surface area contributed by atoms with E-state index in [0.29, 0.717) is 11.8 Å². The van der Waals surface area contributed by atoms with Crippen LogP contribution in [0.15, 0.2) is 24.5 Å². The smallest absolute Gasteiger partial charge is 0.131 e. The summed E-state index contributed by atoms with van der Waals surface area (Å²) in [6, 6.07) is 3.94. The highest BCUT2D eigenvalue weighted by molar-refractivity contribution is 5.70. The molecule has 0 radical (unpaired) electrons. The Balaban J connectivity index is 2.06. The van der Waals surface area contributed by atoms with Crippen LogP contribution < -0.4 is 5.73 Å². The van der Waals surface area contributed by atoms with Gasteiger partial charge < -0.3 is 10.3 Å². The summed E-state index contributed by atoms with van der Waals surface area (Å²) >= 11 is 0. The molecule has 0 bridgehead atoms. The molecule has 2 N–H and O–H groups in total. The summed E-state index contributed by atoms with van der Waals surface area (Å²) in [7, 11) is 0. The van der Waals surface area contributed by atoms with Gasteiger partial charge in [0.25, 0.3) is 0 Å². The van der Waals surface area contributed by atoms with Crippen LogP contribution >= 0.6 is 0 Å². The van der Waals surface area contributed by atoms with Crippen LogP contribution in [0.1, 0.15) is 38.4 Å². The molecule has 4 heteroatoms. The number of anilines is 1. The highest BCUT2D eigenvalue weighted by Crippen LogP contribution is 2.42. The van der Waals surface area contributed by atoms with E-state index in [4.69, 9.17) is 10.7 Å². The average molecular weight is 256 g/mol. The molecule has 0 atom stereocenters. The van der Waals surface area contributed by atoms with Crippen LogP contribution in [0.3, 0.4) is 0 Å². The molecule has 19 heavy (non-hydrogen) atoms. The molecule has 2 aromatic rings. The van der Waals surface area contributed by atoms with Crippen LogP contribution in [0.5, 0.6) is 0 Å². The lowest BCUT2D eigenvalue weighted by molar-refractivity contribution is 0.512. The van der Waals surface area contributed by atoms with Crippen molar-refractivity contribution in [2.24, 2.45) is 5.92 Å². The first-order valence-electron chi connectivity index (χ1n) is 6.93. The van der Waals surface area contributed by atoms with E-state index in [0.717, 1.165) is 29.4 Å². The number of hydrogen-bond acceptors (Lipinski definition) is 3. The number of aromatic nitrogens is 3. The van der Waals surface area contributed by atoms with Gasteiger partial charge in [-0.1, -0.05) is 13.8 Å². The fourth-order valence-electron chi connectivity index (χ4n) is 2.41. The van der Waals surface area contributed by atoms with Crippen molar-refractivity contribution < 1.29 is 0 Å². The zero-order chi connectivity index (χ0) is 13.4. The van der Waals surface area contributed by atoms with Gasteiger partial charge in [0.1, 0.15) is 17.3 Å². The molecule has 0 spiro atoms.